The van der Waals surface area contributed by atoms with E-state index in [9.17, 15) is 4.79 Å². The fourth-order valence-corrected chi connectivity index (χ4v) is 1.41. The summed E-state index contributed by atoms with van der Waals surface area (Å²) in [5.74, 6) is 0.708. The lowest BCUT2D eigenvalue weighted by Gasteiger charge is -2.24. The maximum atomic E-state index is 11.7. The smallest absolute Gasteiger partial charge is 0.415 e. The van der Waals surface area contributed by atoms with Crippen LogP contribution in [0, 0.1) is 0 Å². The highest BCUT2D eigenvalue weighted by atomic mass is 32.1. The predicted octanol–water partition coefficient (Wildman–Crippen LogP) is 2.03. The van der Waals surface area contributed by atoms with E-state index in [2.05, 4.69) is 4.99 Å². The Kier molecular flexibility index (Phi) is 3.79. The molecule has 15 heavy (non-hydrogen) atoms. The van der Waals surface area contributed by atoms with Gasteiger partial charge in [0.25, 0.3) is 0 Å². The molecule has 0 aromatic rings. The highest BCUT2D eigenvalue weighted by Gasteiger charge is 2.27. The molecule has 0 spiro atoms. The number of carbonyl (C=O) groups is 1. The number of rotatable bonds is 2. The molecule has 0 radical (unpaired) electrons. The van der Waals surface area contributed by atoms with Gasteiger partial charge in [0.15, 0.2) is 0 Å². The fourth-order valence-electron chi connectivity index (χ4n) is 1.26. The number of carbonyl (C=O) groups excluding carboxylic acids is 1. The van der Waals surface area contributed by atoms with Gasteiger partial charge in [-0.05, 0) is 26.1 Å². The first-order valence-electron chi connectivity index (χ1n) is 4.91. The number of amides is 1. The van der Waals surface area contributed by atoms with E-state index in [1.807, 2.05) is 20.8 Å². The average Bonchev–Trinajstić information content (AvgIpc) is 2.49. The molecule has 84 valence electrons. The van der Waals surface area contributed by atoms with Crippen molar-refractivity contribution in [1.29, 1.82) is 0 Å². The van der Waals surface area contributed by atoms with Gasteiger partial charge in [-0.25, -0.2) is 4.79 Å². The van der Waals surface area contributed by atoms with E-state index in [1.165, 1.54) is 0 Å². The molecule has 0 saturated carbocycles. The molecule has 0 fully saturated rings. The van der Waals surface area contributed by atoms with Crippen LogP contribution in [0.25, 0.3) is 0 Å². The summed E-state index contributed by atoms with van der Waals surface area (Å²) in [4.78, 5) is 17.5. The Balaban J connectivity index is 2.60. The molecular weight excluding hydrogens is 212 g/mol. The summed E-state index contributed by atoms with van der Waals surface area (Å²) in [7, 11) is 0. The highest BCUT2D eigenvalue weighted by Crippen LogP contribution is 2.13. The van der Waals surface area contributed by atoms with Gasteiger partial charge in [-0.15, -0.1) is 0 Å². The molecule has 0 aliphatic carbocycles. The summed E-state index contributed by atoms with van der Waals surface area (Å²) in [6.45, 7) is 6.76. The van der Waals surface area contributed by atoms with Gasteiger partial charge in [0.2, 0.25) is 0 Å². The van der Waals surface area contributed by atoms with Crippen LogP contribution in [0.3, 0.4) is 0 Å². The van der Waals surface area contributed by atoms with Crippen LogP contribution in [0.1, 0.15) is 27.2 Å². The molecule has 1 rings (SSSR count). The molecule has 1 amide bonds. The van der Waals surface area contributed by atoms with E-state index < -0.39 is 5.60 Å². The molecule has 0 atom stereocenters. The lowest BCUT2D eigenvalue weighted by Crippen LogP contribution is -2.39. The SMILES string of the molecule is CC(C)(C)OC(=O)N1CCN=C1CC=S. The van der Waals surface area contributed by atoms with E-state index in [1.54, 1.807) is 10.3 Å². The minimum atomic E-state index is -0.470. The van der Waals surface area contributed by atoms with Gasteiger partial charge in [0, 0.05) is 6.42 Å². The number of hydrogen-bond acceptors (Lipinski definition) is 4. The Bertz CT molecular complexity index is 294. The molecule has 0 N–H and O–H groups in total. The third-order valence-electron chi connectivity index (χ3n) is 1.81. The van der Waals surface area contributed by atoms with Crippen molar-refractivity contribution >= 4 is 29.5 Å². The average molecular weight is 228 g/mol. The first kappa shape index (κ1) is 12.1. The Hall–Kier alpha value is -0.970. The minimum Gasteiger partial charge on any atom is -0.443 e. The molecule has 5 heteroatoms. The number of thiocarbonyl (C=S) groups is 1. The van der Waals surface area contributed by atoms with Crippen molar-refractivity contribution in [3.63, 3.8) is 0 Å². The minimum absolute atomic E-state index is 0.337. The van der Waals surface area contributed by atoms with Crippen LogP contribution >= 0.6 is 12.2 Å². The van der Waals surface area contributed by atoms with Crippen molar-refractivity contribution < 1.29 is 9.53 Å². The van der Waals surface area contributed by atoms with Crippen LogP contribution in [0.4, 0.5) is 4.79 Å². The van der Waals surface area contributed by atoms with Crippen molar-refractivity contribution in [3.05, 3.63) is 0 Å². The van der Waals surface area contributed by atoms with Crippen LogP contribution in [0.5, 0.6) is 0 Å². The number of nitrogens with zero attached hydrogens (tertiary/aromatic N) is 2. The third kappa shape index (κ3) is 3.58. The first-order valence-corrected chi connectivity index (χ1v) is 5.38. The lowest BCUT2D eigenvalue weighted by atomic mass is 10.2. The van der Waals surface area contributed by atoms with E-state index in [-0.39, 0.29) is 6.09 Å². The molecule has 4 nitrogen and oxygen atoms in total. The van der Waals surface area contributed by atoms with E-state index >= 15 is 0 Å². The fraction of sp³-hybridized carbons (Fsp3) is 0.700. The van der Waals surface area contributed by atoms with Gasteiger partial charge in [0.05, 0.1) is 13.1 Å². The summed E-state index contributed by atoms with van der Waals surface area (Å²) in [6, 6.07) is 0. The summed E-state index contributed by atoms with van der Waals surface area (Å²) in [6.07, 6.45) is 0.199. The zero-order valence-electron chi connectivity index (χ0n) is 9.32. The molecule has 0 saturated heterocycles. The number of aliphatic imine (C=N–C) groups is 1. The zero-order chi connectivity index (χ0) is 11.5. The predicted molar refractivity (Wildman–Crippen MR) is 63.5 cm³/mol. The largest absolute Gasteiger partial charge is 0.443 e. The van der Waals surface area contributed by atoms with Gasteiger partial charge >= 0.3 is 6.09 Å². The Morgan fingerprint density at radius 1 is 1.67 bits per heavy atom. The van der Waals surface area contributed by atoms with E-state index in [0.717, 1.165) is 0 Å². The van der Waals surface area contributed by atoms with Gasteiger partial charge in [-0.1, -0.05) is 12.2 Å². The van der Waals surface area contributed by atoms with Gasteiger partial charge in [-0.3, -0.25) is 9.89 Å². The monoisotopic (exact) mass is 228 g/mol. The zero-order valence-corrected chi connectivity index (χ0v) is 10.1. The van der Waals surface area contributed by atoms with Gasteiger partial charge < -0.3 is 4.74 Å². The van der Waals surface area contributed by atoms with Crippen LogP contribution in [0.15, 0.2) is 4.99 Å². The topological polar surface area (TPSA) is 41.9 Å². The quantitative estimate of drug-likeness (QED) is 0.679. The van der Waals surface area contributed by atoms with Crippen LogP contribution in [-0.4, -0.2) is 40.9 Å². The second-order valence-electron chi connectivity index (χ2n) is 4.30. The summed E-state index contributed by atoms with van der Waals surface area (Å²) >= 11 is 4.75. The third-order valence-corrected chi connectivity index (χ3v) is 1.98. The second-order valence-corrected chi connectivity index (χ2v) is 4.63. The van der Waals surface area contributed by atoms with Gasteiger partial charge in [0.1, 0.15) is 11.4 Å². The standard InChI is InChI=1S/C10H16N2O2S/c1-10(2,3)14-9(13)12-6-5-11-8(12)4-7-15/h7H,4-6H2,1-3H3. The number of hydrogen-bond donors (Lipinski definition) is 0. The molecule has 0 aromatic heterocycles. The summed E-state index contributed by atoms with van der Waals surface area (Å²) < 4.78 is 5.26. The highest BCUT2D eigenvalue weighted by molar-refractivity contribution is 7.79. The van der Waals surface area contributed by atoms with Crippen molar-refractivity contribution in [2.45, 2.75) is 32.8 Å². The maximum absolute atomic E-state index is 11.7. The van der Waals surface area contributed by atoms with Crippen LogP contribution in [0.2, 0.25) is 0 Å². The van der Waals surface area contributed by atoms with Crippen LogP contribution in [-0.2, 0) is 4.74 Å². The van der Waals surface area contributed by atoms with Crippen molar-refractivity contribution in [1.82, 2.24) is 4.90 Å². The van der Waals surface area contributed by atoms with Crippen molar-refractivity contribution in [3.8, 4) is 0 Å². The van der Waals surface area contributed by atoms with Crippen molar-refractivity contribution in [2.75, 3.05) is 13.1 Å². The Morgan fingerprint density at radius 3 is 2.87 bits per heavy atom. The molecule has 1 heterocycles. The van der Waals surface area contributed by atoms with Crippen molar-refractivity contribution in [2.24, 2.45) is 4.99 Å². The van der Waals surface area contributed by atoms with E-state index in [0.29, 0.717) is 25.3 Å². The molecular formula is C10H16N2O2S. The Morgan fingerprint density at radius 2 is 2.33 bits per heavy atom. The molecule has 0 aromatic carbocycles. The second kappa shape index (κ2) is 4.70. The van der Waals surface area contributed by atoms with Crippen LogP contribution < -0.4 is 0 Å². The Labute approximate surface area is 95.3 Å². The normalized spacial score (nSPS) is 16.2. The maximum Gasteiger partial charge on any atom is 0.415 e. The summed E-state index contributed by atoms with van der Waals surface area (Å²) in [5.41, 5.74) is -0.470. The number of amidine groups is 1. The summed E-state index contributed by atoms with van der Waals surface area (Å²) in [5, 5.41) is 1.57. The molecule has 0 bridgehead atoms. The van der Waals surface area contributed by atoms with Gasteiger partial charge in [-0.2, -0.15) is 0 Å². The first-order chi connectivity index (χ1) is 6.94. The molecule has 0 unspecified atom stereocenters. The molecule has 1 aliphatic heterocycles. The van der Waals surface area contributed by atoms with E-state index in [4.69, 9.17) is 17.0 Å². The number of ether oxygens (including phenoxy) is 1. The molecule has 1 aliphatic rings. The lowest BCUT2D eigenvalue weighted by molar-refractivity contribution is 0.0382.